The molecule has 0 aliphatic carbocycles. The van der Waals surface area contributed by atoms with Crippen LogP contribution in [0.5, 0.6) is 0 Å². The third-order valence-corrected chi connectivity index (χ3v) is 3.53. The van der Waals surface area contributed by atoms with Gasteiger partial charge in [-0.3, -0.25) is 4.90 Å². The van der Waals surface area contributed by atoms with E-state index < -0.39 is 0 Å². The fourth-order valence-corrected chi connectivity index (χ4v) is 2.20. The van der Waals surface area contributed by atoms with Gasteiger partial charge in [-0.15, -0.1) is 0 Å². The lowest BCUT2D eigenvalue weighted by Crippen LogP contribution is -2.46. The Morgan fingerprint density at radius 1 is 1.22 bits per heavy atom. The van der Waals surface area contributed by atoms with Crippen LogP contribution in [0.3, 0.4) is 0 Å². The average Bonchev–Trinajstić information content (AvgIpc) is 2.32. The van der Waals surface area contributed by atoms with Gasteiger partial charge >= 0.3 is 0 Å². The van der Waals surface area contributed by atoms with Crippen LogP contribution in [0.4, 0.5) is 0 Å². The molecule has 0 aliphatic heterocycles. The molecule has 1 unspecified atom stereocenters. The summed E-state index contributed by atoms with van der Waals surface area (Å²) in [5.74, 6) is 0. The highest BCUT2D eigenvalue weighted by atomic mass is 16.5. The first-order valence-corrected chi connectivity index (χ1v) is 7.00. The topological polar surface area (TPSA) is 41.7 Å². The molecule has 0 amide bonds. The Kier molecular flexibility index (Phi) is 8.78. The molecule has 0 radical (unpaired) electrons. The summed E-state index contributed by atoms with van der Waals surface area (Å²) in [5.41, 5.74) is 5.84. The maximum atomic E-state index is 5.94. The number of methoxy groups -OCH3 is 1. The van der Waals surface area contributed by atoms with Gasteiger partial charge in [0.2, 0.25) is 0 Å². The third kappa shape index (κ3) is 7.31. The van der Waals surface area contributed by atoms with E-state index in [-0.39, 0.29) is 5.60 Å². The number of rotatable bonds is 10. The molecule has 0 fully saturated rings. The zero-order valence-corrected chi connectivity index (χ0v) is 13.2. The fourth-order valence-electron chi connectivity index (χ4n) is 2.20. The van der Waals surface area contributed by atoms with Crippen molar-refractivity contribution in [3.8, 4) is 0 Å². The number of likely N-dealkylation sites (N-methyl/N-ethyl adjacent to an activating group) is 1. The summed E-state index contributed by atoms with van der Waals surface area (Å²) in [5, 5.41) is 0. The predicted octanol–water partition coefficient (Wildman–Crippen LogP) is 1.40. The van der Waals surface area contributed by atoms with Crippen LogP contribution in [-0.2, 0) is 4.74 Å². The van der Waals surface area contributed by atoms with Crippen LogP contribution in [0.25, 0.3) is 0 Å². The molecule has 0 rings (SSSR count). The van der Waals surface area contributed by atoms with Crippen LogP contribution < -0.4 is 5.73 Å². The summed E-state index contributed by atoms with van der Waals surface area (Å²) in [7, 11) is 6.01. The van der Waals surface area contributed by atoms with Gasteiger partial charge in [-0.2, -0.15) is 0 Å². The maximum Gasteiger partial charge on any atom is 0.0638 e. The van der Waals surface area contributed by atoms with Crippen molar-refractivity contribution in [1.82, 2.24) is 9.80 Å². The standard InChI is InChI=1S/C14H33N3O/c1-7-17(10-8-9-16(4)5)13(12-15)11-14(2,3)18-6/h13H,7-12,15H2,1-6H3. The summed E-state index contributed by atoms with van der Waals surface area (Å²) in [4.78, 5) is 4.70. The van der Waals surface area contributed by atoms with E-state index in [0.717, 1.165) is 26.1 Å². The van der Waals surface area contributed by atoms with Gasteiger partial charge in [0.15, 0.2) is 0 Å². The van der Waals surface area contributed by atoms with E-state index in [1.54, 1.807) is 7.11 Å². The smallest absolute Gasteiger partial charge is 0.0638 e. The lowest BCUT2D eigenvalue weighted by molar-refractivity contribution is -0.00731. The molecule has 0 aromatic carbocycles. The largest absolute Gasteiger partial charge is 0.379 e. The molecule has 0 heterocycles. The third-order valence-electron chi connectivity index (χ3n) is 3.53. The SMILES string of the molecule is CCN(CCCN(C)C)C(CN)CC(C)(C)OC. The van der Waals surface area contributed by atoms with Gasteiger partial charge in [-0.1, -0.05) is 6.92 Å². The summed E-state index contributed by atoms with van der Waals surface area (Å²) in [6, 6.07) is 0.409. The van der Waals surface area contributed by atoms with Crippen molar-refractivity contribution < 1.29 is 4.74 Å². The Morgan fingerprint density at radius 3 is 2.22 bits per heavy atom. The van der Waals surface area contributed by atoms with E-state index in [9.17, 15) is 0 Å². The molecule has 0 aliphatic rings. The van der Waals surface area contributed by atoms with Gasteiger partial charge in [0.1, 0.15) is 0 Å². The van der Waals surface area contributed by atoms with Crippen molar-refractivity contribution in [3.63, 3.8) is 0 Å². The highest BCUT2D eigenvalue weighted by Gasteiger charge is 2.25. The molecule has 4 nitrogen and oxygen atoms in total. The first-order chi connectivity index (χ1) is 8.36. The van der Waals surface area contributed by atoms with E-state index in [1.165, 1.54) is 6.42 Å². The van der Waals surface area contributed by atoms with Crippen molar-refractivity contribution in [2.45, 2.75) is 45.3 Å². The molecule has 0 aromatic heterocycles. The Labute approximate surface area is 113 Å². The molecular weight excluding hydrogens is 226 g/mol. The monoisotopic (exact) mass is 259 g/mol. The van der Waals surface area contributed by atoms with Crippen molar-refractivity contribution in [2.75, 3.05) is 47.4 Å². The quantitative estimate of drug-likeness (QED) is 0.644. The number of hydrogen-bond donors (Lipinski definition) is 1. The van der Waals surface area contributed by atoms with E-state index >= 15 is 0 Å². The van der Waals surface area contributed by atoms with Crippen molar-refractivity contribution in [3.05, 3.63) is 0 Å². The lowest BCUT2D eigenvalue weighted by Gasteiger charge is -2.35. The molecular formula is C14H33N3O. The highest BCUT2D eigenvalue weighted by Crippen LogP contribution is 2.18. The molecule has 1 atom stereocenters. The van der Waals surface area contributed by atoms with Crippen LogP contribution in [0.15, 0.2) is 0 Å². The normalized spacial score (nSPS) is 14.5. The maximum absolute atomic E-state index is 5.94. The van der Waals surface area contributed by atoms with Crippen LogP contribution >= 0.6 is 0 Å². The number of ether oxygens (including phenoxy) is 1. The van der Waals surface area contributed by atoms with Crippen LogP contribution in [0.1, 0.15) is 33.6 Å². The lowest BCUT2D eigenvalue weighted by atomic mass is 9.97. The van der Waals surface area contributed by atoms with Gasteiger partial charge in [0.05, 0.1) is 5.60 Å². The summed E-state index contributed by atoms with van der Waals surface area (Å²) >= 11 is 0. The second-order valence-electron chi connectivity index (χ2n) is 5.84. The summed E-state index contributed by atoms with van der Waals surface area (Å²) in [6.07, 6.45) is 2.17. The number of nitrogens with zero attached hydrogens (tertiary/aromatic N) is 2. The molecule has 0 aromatic rings. The van der Waals surface area contributed by atoms with E-state index in [1.807, 2.05) is 0 Å². The van der Waals surface area contributed by atoms with Crippen LogP contribution in [0, 0.1) is 0 Å². The average molecular weight is 259 g/mol. The first-order valence-electron chi connectivity index (χ1n) is 7.00. The minimum Gasteiger partial charge on any atom is -0.379 e. The minimum atomic E-state index is -0.0982. The summed E-state index contributed by atoms with van der Waals surface area (Å²) in [6.45, 7) is 10.4. The molecule has 110 valence electrons. The molecule has 2 N–H and O–H groups in total. The minimum absolute atomic E-state index is 0.0982. The fraction of sp³-hybridized carbons (Fsp3) is 1.00. The second kappa shape index (κ2) is 8.86. The second-order valence-corrected chi connectivity index (χ2v) is 5.84. The Hall–Kier alpha value is -0.160. The van der Waals surface area contributed by atoms with Crippen LogP contribution in [-0.4, -0.2) is 68.8 Å². The molecule has 0 spiro atoms. The van der Waals surface area contributed by atoms with E-state index in [4.69, 9.17) is 10.5 Å². The van der Waals surface area contributed by atoms with Crippen molar-refractivity contribution >= 4 is 0 Å². The van der Waals surface area contributed by atoms with Crippen molar-refractivity contribution in [2.24, 2.45) is 5.73 Å². The van der Waals surface area contributed by atoms with Gasteiger partial charge in [-0.05, 0) is 60.4 Å². The molecule has 4 heteroatoms. The Bertz CT molecular complexity index is 207. The summed E-state index contributed by atoms with van der Waals surface area (Å²) < 4.78 is 5.52. The van der Waals surface area contributed by atoms with Gasteiger partial charge in [-0.25, -0.2) is 0 Å². The van der Waals surface area contributed by atoms with Crippen LogP contribution in [0.2, 0.25) is 0 Å². The van der Waals surface area contributed by atoms with Gasteiger partial charge < -0.3 is 15.4 Å². The zero-order valence-electron chi connectivity index (χ0n) is 13.2. The van der Waals surface area contributed by atoms with Gasteiger partial charge in [0.25, 0.3) is 0 Å². The van der Waals surface area contributed by atoms with Gasteiger partial charge in [0, 0.05) is 19.7 Å². The van der Waals surface area contributed by atoms with Crippen molar-refractivity contribution in [1.29, 1.82) is 0 Å². The van der Waals surface area contributed by atoms with E-state index in [2.05, 4.69) is 44.7 Å². The first kappa shape index (κ1) is 17.8. The Morgan fingerprint density at radius 2 is 1.83 bits per heavy atom. The highest BCUT2D eigenvalue weighted by molar-refractivity contribution is 4.81. The molecule has 0 saturated carbocycles. The number of hydrogen-bond acceptors (Lipinski definition) is 4. The zero-order chi connectivity index (χ0) is 14.2. The Balaban J connectivity index is 4.30. The molecule has 0 bridgehead atoms. The molecule has 18 heavy (non-hydrogen) atoms. The number of nitrogens with two attached hydrogens (primary N) is 1. The predicted molar refractivity (Wildman–Crippen MR) is 79.0 cm³/mol. The molecule has 0 saturated heterocycles. The van der Waals surface area contributed by atoms with E-state index in [0.29, 0.717) is 12.6 Å².